The van der Waals surface area contributed by atoms with Crippen molar-refractivity contribution in [2.75, 3.05) is 26.8 Å². The molecule has 138 valence electrons. The quantitative estimate of drug-likeness (QED) is 0.782. The van der Waals surface area contributed by atoms with E-state index in [1.54, 1.807) is 19.2 Å². The van der Waals surface area contributed by atoms with Gasteiger partial charge >= 0.3 is 0 Å². The van der Waals surface area contributed by atoms with E-state index in [1.165, 1.54) is 0 Å². The van der Waals surface area contributed by atoms with E-state index >= 15 is 0 Å². The number of hydrogen-bond acceptors (Lipinski definition) is 4. The number of amides is 2. The monoisotopic (exact) mass is 348 g/mol. The molecule has 0 unspecified atom stereocenters. The predicted molar refractivity (Wildman–Crippen MR) is 95.7 cm³/mol. The number of rotatable bonds is 8. The number of nitrogens with one attached hydrogen (secondary N) is 1. The first kappa shape index (κ1) is 19.1. The highest BCUT2D eigenvalue weighted by Crippen LogP contribution is 2.25. The molecule has 1 aliphatic rings. The van der Waals surface area contributed by atoms with Gasteiger partial charge in [-0.3, -0.25) is 9.59 Å². The summed E-state index contributed by atoms with van der Waals surface area (Å²) in [6.07, 6.45) is 2.69. The zero-order chi connectivity index (χ0) is 18.2. The van der Waals surface area contributed by atoms with Gasteiger partial charge in [0.2, 0.25) is 5.91 Å². The normalized spacial score (nSPS) is 15.1. The van der Waals surface area contributed by atoms with Crippen LogP contribution in [0.4, 0.5) is 0 Å². The van der Waals surface area contributed by atoms with Crippen molar-refractivity contribution in [1.29, 1.82) is 0 Å². The molecule has 1 aliphatic heterocycles. The fraction of sp³-hybridized carbons (Fsp3) is 0.579. The average Bonchev–Trinajstić information content (AvgIpc) is 3.13. The standard InChI is InChI=1S/C19H28N2O4/c1-14(2)12-15(19(23)21-10-6-7-11-21)20-18(22)13-25-17-9-5-4-8-16(17)24-3/h4-5,8-9,14-15H,6-7,10-13H2,1-3H3,(H,20,22)/t15-/m1/s1. The summed E-state index contributed by atoms with van der Waals surface area (Å²) in [5.74, 6) is 1.10. The lowest BCUT2D eigenvalue weighted by Crippen LogP contribution is -2.49. The fourth-order valence-electron chi connectivity index (χ4n) is 2.97. The average molecular weight is 348 g/mol. The molecule has 0 aromatic heterocycles. The molecular formula is C19H28N2O4. The first-order valence-corrected chi connectivity index (χ1v) is 8.85. The van der Waals surface area contributed by atoms with Gasteiger partial charge in [-0.2, -0.15) is 0 Å². The maximum absolute atomic E-state index is 12.6. The second kappa shape index (κ2) is 9.30. The molecule has 1 atom stereocenters. The van der Waals surface area contributed by atoms with Crippen LogP contribution in [0.15, 0.2) is 24.3 Å². The van der Waals surface area contributed by atoms with Crippen LogP contribution in [0.5, 0.6) is 11.5 Å². The highest BCUT2D eigenvalue weighted by atomic mass is 16.5. The number of nitrogens with zero attached hydrogens (tertiary/aromatic N) is 1. The van der Waals surface area contributed by atoms with Crippen LogP contribution < -0.4 is 14.8 Å². The number of likely N-dealkylation sites (tertiary alicyclic amines) is 1. The van der Waals surface area contributed by atoms with Gasteiger partial charge < -0.3 is 19.7 Å². The summed E-state index contributed by atoms with van der Waals surface area (Å²) in [4.78, 5) is 26.8. The molecule has 1 N–H and O–H groups in total. The van der Waals surface area contributed by atoms with Crippen molar-refractivity contribution >= 4 is 11.8 Å². The lowest BCUT2D eigenvalue weighted by Gasteiger charge is -2.25. The molecule has 0 radical (unpaired) electrons. The summed E-state index contributed by atoms with van der Waals surface area (Å²) in [5.41, 5.74) is 0. The van der Waals surface area contributed by atoms with E-state index in [-0.39, 0.29) is 18.4 Å². The lowest BCUT2D eigenvalue weighted by atomic mass is 10.0. The SMILES string of the molecule is COc1ccccc1OCC(=O)N[C@H](CC(C)C)C(=O)N1CCCC1. The molecule has 1 saturated heterocycles. The third-order valence-corrected chi connectivity index (χ3v) is 4.19. The number of benzene rings is 1. The van der Waals surface area contributed by atoms with Crippen molar-refractivity contribution in [3.8, 4) is 11.5 Å². The molecule has 6 nitrogen and oxygen atoms in total. The molecule has 1 fully saturated rings. The van der Waals surface area contributed by atoms with Crippen LogP contribution in [0.2, 0.25) is 0 Å². The third-order valence-electron chi connectivity index (χ3n) is 4.19. The molecule has 1 aromatic rings. The van der Waals surface area contributed by atoms with Gasteiger partial charge in [0.25, 0.3) is 5.91 Å². The minimum Gasteiger partial charge on any atom is -0.493 e. The van der Waals surface area contributed by atoms with Crippen LogP contribution in [-0.2, 0) is 9.59 Å². The summed E-state index contributed by atoms with van der Waals surface area (Å²) in [5, 5.41) is 2.84. The summed E-state index contributed by atoms with van der Waals surface area (Å²) < 4.78 is 10.7. The number of methoxy groups -OCH3 is 1. The molecule has 0 spiro atoms. The van der Waals surface area contributed by atoms with Crippen LogP contribution in [0.3, 0.4) is 0 Å². The van der Waals surface area contributed by atoms with E-state index < -0.39 is 6.04 Å². The minimum atomic E-state index is -0.494. The van der Waals surface area contributed by atoms with Crippen LogP contribution in [0, 0.1) is 5.92 Å². The molecule has 0 bridgehead atoms. The van der Waals surface area contributed by atoms with Crippen LogP contribution in [0.1, 0.15) is 33.1 Å². The smallest absolute Gasteiger partial charge is 0.258 e. The van der Waals surface area contributed by atoms with E-state index in [0.29, 0.717) is 23.8 Å². The van der Waals surface area contributed by atoms with Crippen LogP contribution in [-0.4, -0.2) is 49.6 Å². The third kappa shape index (κ3) is 5.66. The van der Waals surface area contributed by atoms with Gasteiger partial charge in [0.05, 0.1) is 7.11 Å². The molecule has 1 heterocycles. The first-order valence-electron chi connectivity index (χ1n) is 8.85. The Morgan fingerprint density at radius 2 is 1.80 bits per heavy atom. The topological polar surface area (TPSA) is 67.9 Å². The first-order chi connectivity index (χ1) is 12.0. The molecule has 2 amide bonds. The predicted octanol–water partition coefficient (Wildman–Crippen LogP) is 2.23. The Bertz CT molecular complexity index is 583. The molecule has 0 saturated carbocycles. The number of para-hydroxylation sites is 2. The number of carbonyl (C=O) groups is 2. The Balaban J connectivity index is 1.93. The van der Waals surface area contributed by atoms with Gasteiger partial charge in [-0.1, -0.05) is 26.0 Å². The Morgan fingerprint density at radius 1 is 1.16 bits per heavy atom. The highest BCUT2D eigenvalue weighted by molar-refractivity contribution is 5.88. The number of carbonyl (C=O) groups excluding carboxylic acids is 2. The van der Waals surface area contributed by atoms with Crippen molar-refractivity contribution in [2.45, 2.75) is 39.2 Å². The number of ether oxygens (including phenoxy) is 2. The van der Waals surface area contributed by atoms with E-state index in [0.717, 1.165) is 25.9 Å². The van der Waals surface area contributed by atoms with Crippen molar-refractivity contribution < 1.29 is 19.1 Å². The molecule has 6 heteroatoms. The lowest BCUT2D eigenvalue weighted by molar-refractivity contribution is -0.136. The Kier molecular flexibility index (Phi) is 7.10. The molecular weight excluding hydrogens is 320 g/mol. The highest BCUT2D eigenvalue weighted by Gasteiger charge is 2.28. The number of hydrogen-bond donors (Lipinski definition) is 1. The minimum absolute atomic E-state index is 0.0110. The van der Waals surface area contributed by atoms with Gasteiger partial charge in [-0.05, 0) is 37.3 Å². The van der Waals surface area contributed by atoms with E-state index in [9.17, 15) is 9.59 Å². The van der Waals surface area contributed by atoms with Gasteiger partial charge in [0.15, 0.2) is 18.1 Å². The summed E-state index contributed by atoms with van der Waals surface area (Å²) in [6, 6.07) is 6.67. The molecule has 1 aromatic carbocycles. The molecule has 0 aliphatic carbocycles. The van der Waals surface area contributed by atoms with Crippen LogP contribution in [0.25, 0.3) is 0 Å². The van der Waals surface area contributed by atoms with Gasteiger partial charge in [-0.25, -0.2) is 0 Å². The zero-order valence-corrected chi connectivity index (χ0v) is 15.3. The summed E-state index contributed by atoms with van der Waals surface area (Å²) >= 11 is 0. The van der Waals surface area contributed by atoms with E-state index in [1.807, 2.05) is 30.9 Å². The largest absolute Gasteiger partial charge is 0.493 e. The van der Waals surface area contributed by atoms with Gasteiger partial charge in [-0.15, -0.1) is 0 Å². The Hall–Kier alpha value is -2.24. The van der Waals surface area contributed by atoms with E-state index in [2.05, 4.69) is 5.32 Å². The van der Waals surface area contributed by atoms with Gasteiger partial charge in [0, 0.05) is 13.1 Å². The van der Waals surface area contributed by atoms with E-state index in [4.69, 9.17) is 9.47 Å². The van der Waals surface area contributed by atoms with Crippen molar-refractivity contribution in [3.63, 3.8) is 0 Å². The Morgan fingerprint density at radius 3 is 2.40 bits per heavy atom. The fourth-order valence-corrected chi connectivity index (χ4v) is 2.97. The zero-order valence-electron chi connectivity index (χ0n) is 15.3. The molecule has 25 heavy (non-hydrogen) atoms. The van der Waals surface area contributed by atoms with Gasteiger partial charge in [0.1, 0.15) is 6.04 Å². The van der Waals surface area contributed by atoms with Crippen molar-refractivity contribution in [1.82, 2.24) is 10.2 Å². The summed E-state index contributed by atoms with van der Waals surface area (Å²) in [6.45, 7) is 5.49. The van der Waals surface area contributed by atoms with Crippen LogP contribution >= 0.6 is 0 Å². The summed E-state index contributed by atoms with van der Waals surface area (Å²) in [7, 11) is 1.55. The second-order valence-electron chi connectivity index (χ2n) is 6.72. The second-order valence-corrected chi connectivity index (χ2v) is 6.72. The van der Waals surface area contributed by atoms with Crippen molar-refractivity contribution in [3.05, 3.63) is 24.3 Å². The molecule has 2 rings (SSSR count). The maximum atomic E-state index is 12.6. The van der Waals surface area contributed by atoms with Crippen molar-refractivity contribution in [2.24, 2.45) is 5.92 Å². The maximum Gasteiger partial charge on any atom is 0.258 e. The Labute approximate surface area is 149 Å².